The van der Waals surface area contributed by atoms with E-state index in [1.54, 1.807) is 0 Å². The first-order valence-electron chi connectivity index (χ1n) is 13.0. The molecule has 2 aromatic carbocycles. The minimum Gasteiger partial charge on any atom is -0.480 e. The van der Waals surface area contributed by atoms with E-state index in [2.05, 4.69) is 5.18 Å². The fraction of sp³-hybridized carbons (Fsp3) is 0.448. The lowest BCUT2D eigenvalue weighted by atomic mass is 9.81. The molecule has 2 aromatic rings. The second-order valence-corrected chi connectivity index (χ2v) is 10.1. The van der Waals surface area contributed by atoms with Crippen LogP contribution in [0.5, 0.6) is 0 Å². The minimum absolute atomic E-state index is 0.146. The third-order valence-electron chi connectivity index (χ3n) is 7.67. The highest BCUT2D eigenvalue weighted by molar-refractivity contribution is 5.88. The third kappa shape index (κ3) is 5.65. The number of rotatable bonds is 9. The van der Waals surface area contributed by atoms with E-state index < -0.39 is 18.1 Å². The quantitative estimate of drug-likeness (QED) is 0.389. The molecular formula is C29H32N2O6. The molecule has 37 heavy (non-hydrogen) atoms. The maximum absolute atomic E-state index is 13.9. The highest BCUT2D eigenvalue weighted by Crippen LogP contribution is 2.39. The molecule has 5 rings (SSSR count). The van der Waals surface area contributed by atoms with Crippen LogP contribution in [0.25, 0.3) is 0 Å². The van der Waals surface area contributed by atoms with Gasteiger partial charge in [-0.05, 0) is 54.4 Å². The molecular weight excluding hydrogens is 472 g/mol. The van der Waals surface area contributed by atoms with Gasteiger partial charge in [-0.2, -0.15) is 4.91 Å². The average molecular weight is 505 g/mol. The van der Waals surface area contributed by atoms with E-state index >= 15 is 0 Å². The Morgan fingerprint density at radius 3 is 2.43 bits per heavy atom. The van der Waals surface area contributed by atoms with E-state index in [1.165, 1.54) is 4.90 Å². The van der Waals surface area contributed by atoms with Crippen molar-refractivity contribution in [1.82, 2.24) is 4.90 Å². The maximum atomic E-state index is 13.9. The Bertz CT molecular complexity index is 1150. The Hall–Kier alpha value is -3.36. The molecule has 8 heteroatoms. The number of carboxylic acids is 1. The Kier molecular flexibility index (Phi) is 7.76. The fourth-order valence-corrected chi connectivity index (χ4v) is 5.55. The van der Waals surface area contributed by atoms with Crippen molar-refractivity contribution in [2.24, 2.45) is 5.18 Å². The number of nitrogens with zero attached hydrogens (tertiary/aromatic N) is 2. The molecule has 194 valence electrons. The number of ether oxygens (including phenoxy) is 2. The van der Waals surface area contributed by atoms with Crippen LogP contribution < -0.4 is 0 Å². The van der Waals surface area contributed by atoms with E-state index in [-0.39, 0.29) is 37.1 Å². The summed E-state index contributed by atoms with van der Waals surface area (Å²) in [6, 6.07) is 17.8. The van der Waals surface area contributed by atoms with Crippen molar-refractivity contribution >= 4 is 11.9 Å². The van der Waals surface area contributed by atoms with Gasteiger partial charge in [-0.1, -0.05) is 65.8 Å². The summed E-state index contributed by atoms with van der Waals surface area (Å²) in [5.41, 5.74) is 3.86. The summed E-state index contributed by atoms with van der Waals surface area (Å²) in [6.45, 7) is 0.719. The van der Waals surface area contributed by atoms with E-state index in [0.29, 0.717) is 25.0 Å². The lowest BCUT2D eigenvalue weighted by Crippen LogP contribution is -2.52. The number of aliphatic carboxylic acids is 1. The molecule has 1 heterocycles. The van der Waals surface area contributed by atoms with E-state index in [0.717, 1.165) is 36.0 Å². The summed E-state index contributed by atoms with van der Waals surface area (Å²) in [6.07, 6.45) is 2.44. The molecule has 1 N–H and O–H groups in total. The largest absolute Gasteiger partial charge is 0.480 e. The van der Waals surface area contributed by atoms with Gasteiger partial charge in [0, 0.05) is 13.0 Å². The second-order valence-electron chi connectivity index (χ2n) is 10.1. The monoisotopic (exact) mass is 504 g/mol. The minimum atomic E-state index is -1.03. The third-order valence-corrected chi connectivity index (χ3v) is 7.67. The second kappa shape index (κ2) is 11.4. The van der Waals surface area contributed by atoms with Crippen LogP contribution in [0.3, 0.4) is 0 Å². The lowest BCUT2D eigenvalue weighted by Gasteiger charge is -2.42. The maximum Gasteiger partial charge on any atom is 0.326 e. The van der Waals surface area contributed by atoms with E-state index in [9.17, 15) is 19.6 Å². The summed E-state index contributed by atoms with van der Waals surface area (Å²) in [5.74, 6) is -1.40. The van der Waals surface area contributed by atoms with E-state index in [4.69, 9.17) is 9.47 Å². The molecule has 8 nitrogen and oxygen atoms in total. The fourth-order valence-electron chi connectivity index (χ4n) is 5.55. The molecule has 0 spiro atoms. The first-order chi connectivity index (χ1) is 18.0. The number of benzene rings is 2. The first kappa shape index (κ1) is 25.3. The van der Waals surface area contributed by atoms with Crippen LogP contribution in [-0.4, -0.2) is 52.7 Å². The van der Waals surface area contributed by atoms with Gasteiger partial charge in [-0.25, -0.2) is 4.79 Å². The smallest absolute Gasteiger partial charge is 0.326 e. The van der Waals surface area contributed by atoms with Gasteiger partial charge in [0.1, 0.15) is 6.04 Å². The standard InChI is InChI=1S/C29H32N2O6/c32-28(27(20-10-5-2-6-11-20)37-23-14-22(15-23)30-35)31-17-21-12-7-13-26(24(21)16-25(31)29(33)34)36-18-19-8-3-1-4-9-19/h1-6,8-11,22-23,25-27H,7,12-18H2,(H,33,34). The Balaban J connectivity index is 1.36. The van der Waals surface area contributed by atoms with Crippen LogP contribution in [0.1, 0.15) is 55.8 Å². The van der Waals surface area contributed by atoms with Crippen LogP contribution >= 0.6 is 0 Å². The number of amides is 1. The Labute approximate surface area is 216 Å². The van der Waals surface area contributed by atoms with Crippen LogP contribution in [0.15, 0.2) is 77.0 Å². The Morgan fingerprint density at radius 2 is 1.76 bits per heavy atom. The van der Waals surface area contributed by atoms with Crippen molar-refractivity contribution in [1.29, 1.82) is 0 Å². The van der Waals surface area contributed by atoms with Gasteiger partial charge in [-0.3, -0.25) is 4.79 Å². The van der Waals surface area contributed by atoms with Gasteiger partial charge in [-0.15, -0.1) is 0 Å². The van der Waals surface area contributed by atoms with Gasteiger partial charge >= 0.3 is 5.97 Å². The zero-order valence-corrected chi connectivity index (χ0v) is 20.7. The molecule has 2 aliphatic carbocycles. The lowest BCUT2D eigenvalue weighted by molar-refractivity contribution is -0.162. The normalized spacial score (nSPS) is 26.1. The van der Waals surface area contributed by atoms with Crippen LogP contribution in [-0.2, 0) is 25.7 Å². The van der Waals surface area contributed by atoms with Crippen LogP contribution in [0, 0.1) is 4.91 Å². The van der Waals surface area contributed by atoms with Gasteiger partial charge < -0.3 is 19.5 Å². The molecule has 3 atom stereocenters. The van der Waals surface area contributed by atoms with Gasteiger partial charge in [0.05, 0.1) is 24.9 Å². The number of hydrogen-bond donors (Lipinski definition) is 1. The summed E-state index contributed by atoms with van der Waals surface area (Å²) in [5, 5.41) is 13.2. The van der Waals surface area contributed by atoms with Crippen molar-refractivity contribution < 1.29 is 24.2 Å². The number of nitroso groups, excluding NO2 is 1. The molecule has 1 amide bonds. The van der Waals surface area contributed by atoms with Crippen molar-refractivity contribution in [3.63, 3.8) is 0 Å². The summed E-state index contributed by atoms with van der Waals surface area (Å²) >= 11 is 0. The van der Waals surface area contributed by atoms with Crippen molar-refractivity contribution in [3.8, 4) is 0 Å². The van der Waals surface area contributed by atoms with Crippen LogP contribution in [0.2, 0.25) is 0 Å². The van der Waals surface area contributed by atoms with Gasteiger partial charge in [0.25, 0.3) is 5.91 Å². The SMILES string of the molecule is O=NC1CC(OC(C(=O)N2CC3=C(CC2C(=O)O)C(OCc2ccccc2)CCC3)c2ccccc2)C1. The Morgan fingerprint density at radius 1 is 1.05 bits per heavy atom. The molecule has 1 aliphatic heterocycles. The van der Waals surface area contributed by atoms with Crippen molar-refractivity contribution in [2.75, 3.05) is 6.54 Å². The van der Waals surface area contributed by atoms with E-state index in [1.807, 2.05) is 60.7 Å². The predicted octanol–water partition coefficient (Wildman–Crippen LogP) is 4.79. The molecule has 0 saturated heterocycles. The van der Waals surface area contributed by atoms with Crippen LogP contribution in [0.4, 0.5) is 0 Å². The molecule has 0 aromatic heterocycles. The molecule has 3 aliphatic rings. The highest BCUT2D eigenvalue weighted by Gasteiger charge is 2.43. The molecule has 3 unspecified atom stereocenters. The molecule has 0 bridgehead atoms. The average Bonchev–Trinajstić information content (AvgIpc) is 2.91. The van der Waals surface area contributed by atoms with Gasteiger partial charge in [0.15, 0.2) is 6.10 Å². The number of hydrogen-bond acceptors (Lipinski definition) is 6. The zero-order chi connectivity index (χ0) is 25.8. The molecule has 0 radical (unpaired) electrons. The van der Waals surface area contributed by atoms with Crippen molar-refractivity contribution in [3.05, 3.63) is 87.8 Å². The first-order valence-corrected chi connectivity index (χ1v) is 13.0. The summed E-state index contributed by atoms with van der Waals surface area (Å²) in [7, 11) is 0. The number of carboxylic acid groups (broad SMARTS) is 1. The molecule has 1 fully saturated rings. The predicted molar refractivity (Wildman–Crippen MR) is 137 cm³/mol. The van der Waals surface area contributed by atoms with Crippen molar-refractivity contribution in [2.45, 2.75) is 75.5 Å². The zero-order valence-electron chi connectivity index (χ0n) is 20.7. The highest BCUT2D eigenvalue weighted by atomic mass is 16.5. The summed E-state index contributed by atoms with van der Waals surface area (Å²) in [4.78, 5) is 38.6. The molecule has 1 saturated carbocycles. The van der Waals surface area contributed by atoms with Gasteiger partial charge in [0.2, 0.25) is 0 Å². The number of carbonyl (C=O) groups excluding carboxylic acids is 1. The topological polar surface area (TPSA) is 106 Å². The number of carbonyl (C=O) groups is 2. The summed E-state index contributed by atoms with van der Waals surface area (Å²) < 4.78 is 12.4.